The summed E-state index contributed by atoms with van der Waals surface area (Å²) in [5, 5.41) is 0. The van der Waals surface area contributed by atoms with Gasteiger partial charge in [0.05, 0.1) is 4.90 Å². The Morgan fingerprint density at radius 1 is 0.875 bits per heavy atom. The Balaban J connectivity index is 1.92. The average molecular weight is 349 g/mol. The third-order valence-corrected chi connectivity index (χ3v) is 5.35. The van der Waals surface area contributed by atoms with E-state index in [0.717, 1.165) is 18.4 Å². The molecule has 2 aromatic carbocycles. The van der Waals surface area contributed by atoms with Gasteiger partial charge in [-0.1, -0.05) is 50.5 Å². The summed E-state index contributed by atoms with van der Waals surface area (Å²) in [5.74, 6) is -0.337. The maximum absolute atomic E-state index is 12.9. The normalized spacial score (nSPS) is 11.6. The minimum absolute atomic E-state index is 0.140. The highest BCUT2D eigenvalue weighted by Gasteiger charge is 2.13. The van der Waals surface area contributed by atoms with Crippen molar-refractivity contribution in [3.63, 3.8) is 0 Å². The molecule has 0 unspecified atom stereocenters. The van der Waals surface area contributed by atoms with Crippen LogP contribution in [0.15, 0.2) is 53.4 Å². The zero-order chi connectivity index (χ0) is 17.4. The summed E-state index contributed by atoms with van der Waals surface area (Å²) < 4.78 is 40.0. The summed E-state index contributed by atoms with van der Waals surface area (Å²) >= 11 is 0. The lowest BCUT2D eigenvalue weighted by Gasteiger charge is -2.08. The molecular formula is C19H24FNO2S. The first kappa shape index (κ1) is 18.6. The smallest absolute Gasteiger partial charge is 0.207 e. The van der Waals surface area contributed by atoms with E-state index in [-0.39, 0.29) is 17.3 Å². The summed E-state index contributed by atoms with van der Waals surface area (Å²) in [7, 11) is -3.56. The van der Waals surface area contributed by atoms with E-state index in [0.29, 0.717) is 5.56 Å². The van der Waals surface area contributed by atoms with Crippen LogP contribution >= 0.6 is 0 Å². The minimum Gasteiger partial charge on any atom is -0.207 e. The average Bonchev–Trinajstić information content (AvgIpc) is 2.59. The molecule has 0 aliphatic carbocycles. The molecule has 0 saturated carbocycles. The van der Waals surface area contributed by atoms with Gasteiger partial charge < -0.3 is 0 Å². The lowest BCUT2D eigenvalue weighted by Crippen LogP contribution is -2.23. The zero-order valence-corrected chi connectivity index (χ0v) is 14.8. The van der Waals surface area contributed by atoms with Gasteiger partial charge in [-0.3, -0.25) is 0 Å². The van der Waals surface area contributed by atoms with E-state index in [1.165, 1.54) is 31.4 Å². The van der Waals surface area contributed by atoms with Crippen LogP contribution in [-0.4, -0.2) is 8.42 Å². The number of unbranched alkanes of at least 4 members (excludes halogenated alkanes) is 3. The summed E-state index contributed by atoms with van der Waals surface area (Å²) in [6.07, 6.45) is 5.75. The number of halogens is 1. The Bertz CT molecular complexity index is 725. The van der Waals surface area contributed by atoms with Crippen LogP contribution in [0.1, 0.15) is 43.7 Å². The van der Waals surface area contributed by atoms with E-state index in [2.05, 4.69) is 11.6 Å². The van der Waals surface area contributed by atoms with Crippen molar-refractivity contribution in [3.05, 3.63) is 65.5 Å². The van der Waals surface area contributed by atoms with E-state index in [1.54, 1.807) is 24.3 Å². The molecule has 0 spiro atoms. The number of rotatable bonds is 9. The van der Waals surface area contributed by atoms with Crippen molar-refractivity contribution in [1.29, 1.82) is 0 Å². The number of nitrogens with one attached hydrogen (secondary N) is 1. The number of hydrogen-bond donors (Lipinski definition) is 1. The first-order chi connectivity index (χ1) is 11.5. The lowest BCUT2D eigenvalue weighted by molar-refractivity contribution is 0.581. The molecule has 1 N–H and O–H groups in total. The van der Waals surface area contributed by atoms with Crippen LogP contribution < -0.4 is 4.72 Å². The fourth-order valence-corrected chi connectivity index (χ4v) is 3.47. The first-order valence-corrected chi connectivity index (χ1v) is 9.82. The van der Waals surface area contributed by atoms with Crippen LogP contribution in [0.2, 0.25) is 0 Å². The molecule has 3 nitrogen and oxygen atoms in total. The van der Waals surface area contributed by atoms with E-state index in [9.17, 15) is 12.8 Å². The van der Waals surface area contributed by atoms with Gasteiger partial charge in [0.15, 0.2) is 0 Å². The molecule has 0 aromatic heterocycles. The maximum Gasteiger partial charge on any atom is 0.240 e. The Morgan fingerprint density at radius 3 is 2.12 bits per heavy atom. The molecule has 2 aromatic rings. The van der Waals surface area contributed by atoms with Crippen molar-refractivity contribution in [3.8, 4) is 0 Å². The third kappa shape index (κ3) is 5.73. The van der Waals surface area contributed by atoms with Gasteiger partial charge >= 0.3 is 0 Å². The van der Waals surface area contributed by atoms with Gasteiger partial charge in [0.2, 0.25) is 10.0 Å². The molecule has 130 valence electrons. The number of aryl methyl sites for hydroxylation is 1. The Morgan fingerprint density at radius 2 is 1.50 bits per heavy atom. The first-order valence-electron chi connectivity index (χ1n) is 8.34. The summed E-state index contributed by atoms with van der Waals surface area (Å²) in [6, 6.07) is 12.8. The van der Waals surface area contributed by atoms with E-state index < -0.39 is 10.0 Å². The van der Waals surface area contributed by atoms with Gasteiger partial charge in [-0.25, -0.2) is 17.5 Å². The van der Waals surface area contributed by atoms with Gasteiger partial charge in [-0.2, -0.15) is 0 Å². The predicted octanol–water partition coefficient (Wildman–Crippen LogP) is 4.43. The Kier molecular flexibility index (Phi) is 6.94. The molecule has 0 bridgehead atoms. The minimum atomic E-state index is -3.56. The number of sulfonamides is 1. The van der Waals surface area contributed by atoms with Gasteiger partial charge in [0.25, 0.3) is 0 Å². The Hall–Kier alpha value is -1.72. The molecule has 0 atom stereocenters. The predicted molar refractivity (Wildman–Crippen MR) is 94.7 cm³/mol. The van der Waals surface area contributed by atoms with Crippen molar-refractivity contribution >= 4 is 10.0 Å². The highest BCUT2D eigenvalue weighted by atomic mass is 32.2. The summed E-state index contributed by atoms with van der Waals surface area (Å²) in [6.45, 7) is 2.32. The van der Waals surface area contributed by atoms with E-state index in [4.69, 9.17) is 0 Å². The third-order valence-electron chi connectivity index (χ3n) is 3.93. The van der Waals surface area contributed by atoms with Crippen LogP contribution in [0.25, 0.3) is 0 Å². The molecule has 0 aliphatic rings. The highest BCUT2D eigenvalue weighted by Crippen LogP contribution is 2.14. The van der Waals surface area contributed by atoms with Crippen LogP contribution in [0.5, 0.6) is 0 Å². The largest absolute Gasteiger partial charge is 0.240 e. The van der Waals surface area contributed by atoms with Gasteiger partial charge in [-0.15, -0.1) is 0 Å². The van der Waals surface area contributed by atoms with Crippen molar-refractivity contribution in [1.82, 2.24) is 4.72 Å². The van der Waals surface area contributed by atoms with Crippen LogP contribution in [0.3, 0.4) is 0 Å². The second kappa shape index (κ2) is 8.94. The van der Waals surface area contributed by atoms with Crippen LogP contribution in [0, 0.1) is 5.82 Å². The highest BCUT2D eigenvalue weighted by molar-refractivity contribution is 7.89. The van der Waals surface area contributed by atoms with Crippen molar-refractivity contribution in [2.45, 2.75) is 50.5 Å². The number of benzene rings is 2. The number of hydrogen-bond acceptors (Lipinski definition) is 2. The van der Waals surface area contributed by atoms with Crippen molar-refractivity contribution < 1.29 is 12.8 Å². The van der Waals surface area contributed by atoms with E-state index >= 15 is 0 Å². The second-order valence-corrected chi connectivity index (χ2v) is 7.67. The van der Waals surface area contributed by atoms with Crippen molar-refractivity contribution in [2.75, 3.05) is 0 Å². The molecule has 0 radical (unpaired) electrons. The SMILES string of the molecule is CCCCCCc1ccc(S(=O)(=O)NCc2ccc(F)cc2)cc1. The monoisotopic (exact) mass is 349 g/mol. The molecule has 0 heterocycles. The molecule has 24 heavy (non-hydrogen) atoms. The van der Waals surface area contributed by atoms with Gasteiger partial charge in [0, 0.05) is 6.54 Å². The fraction of sp³-hybridized carbons (Fsp3) is 0.368. The molecule has 0 saturated heterocycles. The van der Waals surface area contributed by atoms with E-state index in [1.807, 2.05) is 12.1 Å². The standard InChI is InChI=1S/C19H24FNO2S/c1-2-3-4-5-6-16-9-13-19(14-10-16)24(22,23)21-15-17-7-11-18(20)12-8-17/h7-14,21H,2-6,15H2,1H3. The molecule has 0 fully saturated rings. The molecule has 0 amide bonds. The topological polar surface area (TPSA) is 46.2 Å². The zero-order valence-electron chi connectivity index (χ0n) is 14.0. The van der Waals surface area contributed by atoms with Crippen molar-refractivity contribution in [2.24, 2.45) is 0 Å². The molecule has 5 heteroatoms. The van der Waals surface area contributed by atoms with Gasteiger partial charge in [-0.05, 0) is 48.2 Å². The lowest BCUT2D eigenvalue weighted by atomic mass is 10.1. The molecule has 2 rings (SSSR count). The Labute approximate surface area is 144 Å². The van der Waals surface area contributed by atoms with Gasteiger partial charge in [0.1, 0.15) is 5.82 Å². The van der Waals surface area contributed by atoms with Crippen LogP contribution in [0.4, 0.5) is 4.39 Å². The summed E-state index contributed by atoms with van der Waals surface area (Å²) in [4.78, 5) is 0.252. The van der Waals surface area contributed by atoms with Crippen LogP contribution in [-0.2, 0) is 23.0 Å². The summed E-state index contributed by atoms with van der Waals surface area (Å²) in [5.41, 5.74) is 1.87. The second-order valence-electron chi connectivity index (χ2n) is 5.91. The molecule has 0 aliphatic heterocycles. The maximum atomic E-state index is 12.9. The molecular weight excluding hydrogens is 325 g/mol. The quantitative estimate of drug-likeness (QED) is 0.681. The fourth-order valence-electron chi connectivity index (χ4n) is 2.46.